The monoisotopic (exact) mass is 216 g/mol. The molecule has 1 unspecified atom stereocenters. The second-order valence-electron chi connectivity index (χ2n) is 6.28. The van der Waals surface area contributed by atoms with Gasteiger partial charge in [0.15, 0.2) is 0 Å². The summed E-state index contributed by atoms with van der Waals surface area (Å²) in [5.41, 5.74) is -0.0134. The van der Waals surface area contributed by atoms with Crippen LogP contribution in [0.4, 0.5) is 0 Å². The molecule has 0 radical (unpaired) electrons. The summed E-state index contributed by atoms with van der Waals surface area (Å²) in [5, 5.41) is 9.43. The van der Waals surface area contributed by atoms with Crippen LogP contribution in [0.15, 0.2) is 0 Å². The molecule has 0 aliphatic rings. The third-order valence-corrected chi connectivity index (χ3v) is 3.48. The van der Waals surface area contributed by atoms with Gasteiger partial charge in [-0.05, 0) is 32.1 Å². The Morgan fingerprint density at radius 3 is 1.80 bits per heavy atom. The van der Waals surface area contributed by atoms with Crippen LogP contribution in [0.3, 0.4) is 0 Å². The van der Waals surface area contributed by atoms with Crippen LogP contribution in [0.25, 0.3) is 0 Å². The third-order valence-electron chi connectivity index (χ3n) is 3.48. The maximum atomic E-state index is 9.43. The van der Waals surface area contributed by atoms with Crippen LogP contribution in [-0.2, 0) is 4.74 Å². The minimum atomic E-state index is -0.125. The SMILES string of the molecule is CC(C)C(C)(C)C(CO)COC(C)(C)C. The normalized spacial score (nSPS) is 15.8. The van der Waals surface area contributed by atoms with Crippen molar-refractivity contribution in [1.82, 2.24) is 0 Å². The molecule has 0 fully saturated rings. The molecule has 1 atom stereocenters. The molecule has 0 amide bonds. The fourth-order valence-electron chi connectivity index (χ4n) is 1.32. The molecule has 2 heteroatoms. The van der Waals surface area contributed by atoms with E-state index in [0.29, 0.717) is 12.5 Å². The Balaban J connectivity index is 4.37. The zero-order valence-electron chi connectivity index (χ0n) is 11.4. The first kappa shape index (κ1) is 14.9. The highest BCUT2D eigenvalue weighted by Gasteiger charge is 2.33. The Morgan fingerprint density at radius 1 is 1.07 bits per heavy atom. The number of ether oxygens (including phenoxy) is 1. The second kappa shape index (κ2) is 5.31. The van der Waals surface area contributed by atoms with Gasteiger partial charge in [-0.2, -0.15) is 0 Å². The average molecular weight is 216 g/mol. The van der Waals surface area contributed by atoms with Gasteiger partial charge in [0.05, 0.1) is 12.2 Å². The lowest BCUT2D eigenvalue weighted by molar-refractivity contribution is -0.0659. The van der Waals surface area contributed by atoms with Crippen molar-refractivity contribution in [3.63, 3.8) is 0 Å². The van der Waals surface area contributed by atoms with E-state index >= 15 is 0 Å². The lowest BCUT2D eigenvalue weighted by Gasteiger charge is -2.38. The molecule has 2 nitrogen and oxygen atoms in total. The fraction of sp³-hybridized carbons (Fsp3) is 1.00. The summed E-state index contributed by atoms with van der Waals surface area (Å²) in [6.07, 6.45) is 0. The van der Waals surface area contributed by atoms with Crippen molar-refractivity contribution in [3.05, 3.63) is 0 Å². The molecule has 0 heterocycles. The largest absolute Gasteiger partial charge is 0.396 e. The van der Waals surface area contributed by atoms with Crippen LogP contribution < -0.4 is 0 Å². The molecule has 0 aliphatic heterocycles. The zero-order chi connectivity index (χ0) is 12.3. The second-order valence-corrected chi connectivity index (χ2v) is 6.28. The van der Waals surface area contributed by atoms with Crippen LogP contribution in [0.1, 0.15) is 48.5 Å². The van der Waals surface area contributed by atoms with Crippen LogP contribution in [0.5, 0.6) is 0 Å². The summed E-state index contributed by atoms with van der Waals surface area (Å²) in [6.45, 7) is 15.7. The molecule has 0 aliphatic carbocycles. The van der Waals surface area contributed by atoms with E-state index < -0.39 is 0 Å². The molecule has 0 saturated carbocycles. The standard InChI is InChI=1S/C13H28O2/c1-10(2)13(6,7)11(8-14)9-15-12(3,4)5/h10-11,14H,8-9H2,1-7H3. The highest BCUT2D eigenvalue weighted by molar-refractivity contribution is 4.81. The minimum Gasteiger partial charge on any atom is -0.396 e. The molecule has 0 aromatic heterocycles. The predicted octanol–water partition coefficient (Wildman–Crippen LogP) is 3.09. The quantitative estimate of drug-likeness (QED) is 0.765. The molecular weight excluding hydrogens is 188 g/mol. The molecule has 0 bridgehead atoms. The average Bonchev–Trinajstić information content (AvgIpc) is 2.02. The molecule has 0 rings (SSSR count). The topological polar surface area (TPSA) is 29.5 Å². The van der Waals surface area contributed by atoms with Gasteiger partial charge in [0.2, 0.25) is 0 Å². The van der Waals surface area contributed by atoms with E-state index in [4.69, 9.17) is 4.74 Å². The molecule has 0 aromatic carbocycles. The molecule has 92 valence electrons. The summed E-state index contributed by atoms with van der Waals surface area (Å²) in [4.78, 5) is 0. The Labute approximate surface area is 95.0 Å². The van der Waals surface area contributed by atoms with Gasteiger partial charge >= 0.3 is 0 Å². The van der Waals surface area contributed by atoms with E-state index in [1.807, 2.05) is 20.8 Å². The van der Waals surface area contributed by atoms with Crippen LogP contribution in [0, 0.1) is 17.3 Å². The molecule has 0 saturated heterocycles. The number of hydrogen-bond donors (Lipinski definition) is 1. The van der Waals surface area contributed by atoms with Crippen molar-refractivity contribution in [2.45, 2.75) is 54.1 Å². The summed E-state index contributed by atoms with van der Waals surface area (Å²) in [5.74, 6) is 0.745. The lowest BCUT2D eigenvalue weighted by atomic mass is 9.71. The maximum Gasteiger partial charge on any atom is 0.0598 e. The van der Waals surface area contributed by atoms with E-state index in [-0.39, 0.29) is 23.5 Å². The Bertz CT molecular complexity index is 177. The summed E-state index contributed by atoms with van der Waals surface area (Å²) >= 11 is 0. The van der Waals surface area contributed by atoms with E-state index in [1.54, 1.807) is 0 Å². The van der Waals surface area contributed by atoms with Gasteiger partial charge in [0.1, 0.15) is 0 Å². The van der Waals surface area contributed by atoms with E-state index in [0.717, 1.165) is 0 Å². The zero-order valence-corrected chi connectivity index (χ0v) is 11.4. The van der Waals surface area contributed by atoms with Gasteiger partial charge < -0.3 is 9.84 Å². The van der Waals surface area contributed by atoms with Gasteiger partial charge in [-0.3, -0.25) is 0 Å². The Kier molecular flexibility index (Phi) is 5.28. The summed E-state index contributed by atoms with van der Waals surface area (Å²) in [7, 11) is 0. The molecule has 1 N–H and O–H groups in total. The highest BCUT2D eigenvalue weighted by atomic mass is 16.5. The van der Waals surface area contributed by atoms with Crippen molar-refractivity contribution < 1.29 is 9.84 Å². The number of aliphatic hydroxyl groups excluding tert-OH is 1. The van der Waals surface area contributed by atoms with Crippen LogP contribution in [0.2, 0.25) is 0 Å². The van der Waals surface area contributed by atoms with E-state index in [1.165, 1.54) is 0 Å². The van der Waals surface area contributed by atoms with Crippen molar-refractivity contribution in [2.75, 3.05) is 13.2 Å². The first-order chi connectivity index (χ1) is 6.61. The molecule has 0 spiro atoms. The summed E-state index contributed by atoms with van der Waals surface area (Å²) in [6, 6.07) is 0. The predicted molar refractivity (Wildman–Crippen MR) is 64.9 cm³/mol. The van der Waals surface area contributed by atoms with Gasteiger partial charge in [-0.15, -0.1) is 0 Å². The van der Waals surface area contributed by atoms with Crippen molar-refractivity contribution in [3.8, 4) is 0 Å². The van der Waals surface area contributed by atoms with Gasteiger partial charge in [-0.25, -0.2) is 0 Å². The first-order valence-electron chi connectivity index (χ1n) is 5.86. The number of rotatable bonds is 5. The summed E-state index contributed by atoms with van der Waals surface area (Å²) < 4.78 is 5.76. The smallest absolute Gasteiger partial charge is 0.0598 e. The maximum absolute atomic E-state index is 9.43. The minimum absolute atomic E-state index is 0.111. The molecule has 0 aromatic rings. The Morgan fingerprint density at radius 2 is 1.53 bits per heavy atom. The van der Waals surface area contributed by atoms with Gasteiger partial charge in [0.25, 0.3) is 0 Å². The van der Waals surface area contributed by atoms with Crippen LogP contribution in [-0.4, -0.2) is 23.9 Å². The number of hydrogen-bond acceptors (Lipinski definition) is 2. The van der Waals surface area contributed by atoms with Gasteiger partial charge in [0, 0.05) is 12.5 Å². The first-order valence-corrected chi connectivity index (χ1v) is 5.86. The van der Waals surface area contributed by atoms with Crippen LogP contribution >= 0.6 is 0 Å². The molecular formula is C13H28O2. The third kappa shape index (κ3) is 4.98. The van der Waals surface area contributed by atoms with E-state index in [2.05, 4.69) is 27.7 Å². The van der Waals surface area contributed by atoms with Gasteiger partial charge in [-0.1, -0.05) is 27.7 Å². The molecule has 15 heavy (non-hydrogen) atoms. The highest BCUT2D eigenvalue weighted by Crippen LogP contribution is 2.35. The van der Waals surface area contributed by atoms with Crippen molar-refractivity contribution in [2.24, 2.45) is 17.3 Å². The Hall–Kier alpha value is -0.0800. The van der Waals surface area contributed by atoms with Crippen molar-refractivity contribution >= 4 is 0 Å². The van der Waals surface area contributed by atoms with Crippen molar-refractivity contribution in [1.29, 1.82) is 0 Å². The fourth-order valence-corrected chi connectivity index (χ4v) is 1.32. The lowest BCUT2D eigenvalue weighted by Crippen LogP contribution is -2.37. The van der Waals surface area contributed by atoms with E-state index in [9.17, 15) is 5.11 Å². The number of aliphatic hydroxyl groups is 1.